The van der Waals surface area contributed by atoms with E-state index in [9.17, 15) is 0 Å². The van der Waals surface area contributed by atoms with Gasteiger partial charge in [-0.05, 0) is 29.5 Å². The molecule has 0 bridgehead atoms. The van der Waals surface area contributed by atoms with Gasteiger partial charge in [0.05, 0.1) is 23.7 Å². The molecule has 1 N–H and O–H groups in total. The number of aromatic nitrogens is 2. The highest BCUT2D eigenvalue weighted by Crippen LogP contribution is 2.31. The Hall–Kier alpha value is -2.07. The number of nitrogens with zero attached hydrogens (tertiary/aromatic N) is 2. The van der Waals surface area contributed by atoms with Crippen LogP contribution in [0.5, 0.6) is 0 Å². The van der Waals surface area contributed by atoms with Gasteiger partial charge in [-0.1, -0.05) is 32.0 Å². The molecule has 1 unspecified atom stereocenters. The Kier molecular flexibility index (Phi) is 4.06. The summed E-state index contributed by atoms with van der Waals surface area (Å²) in [6, 6.07) is 13.0. The number of imidazole rings is 1. The molecule has 2 heterocycles. The van der Waals surface area contributed by atoms with E-state index in [0.717, 1.165) is 11.4 Å². The lowest BCUT2D eigenvalue weighted by Gasteiger charge is -2.24. The maximum atomic E-state index is 4.14. The van der Waals surface area contributed by atoms with Gasteiger partial charge in [-0.2, -0.15) is 0 Å². The Morgan fingerprint density at radius 3 is 2.67 bits per heavy atom. The Morgan fingerprint density at radius 1 is 1.14 bits per heavy atom. The summed E-state index contributed by atoms with van der Waals surface area (Å²) < 4.78 is 2.04. The number of benzene rings is 1. The summed E-state index contributed by atoms with van der Waals surface area (Å²) in [7, 11) is 0. The molecule has 0 aliphatic carbocycles. The van der Waals surface area contributed by atoms with E-state index in [1.54, 1.807) is 17.5 Å². The molecule has 3 rings (SSSR count). The Morgan fingerprint density at radius 2 is 2.00 bits per heavy atom. The molecule has 0 aliphatic rings. The van der Waals surface area contributed by atoms with Crippen LogP contribution in [-0.4, -0.2) is 9.55 Å². The van der Waals surface area contributed by atoms with Gasteiger partial charge >= 0.3 is 0 Å². The van der Waals surface area contributed by atoms with E-state index in [1.807, 2.05) is 17.1 Å². The number of anilines is 1. The fourth-order valence-corrected chi connectivity index (χ4v) is 3.37. The Bertz CT molecular complexity index is 672. The van der Waals surface area contributed by atoms with E-state index in [1.165, 1.54) is 4.88 Å². The summed E-state index contributed by atoms with van der Waals surface area (Å²) in [5, 5.41) is 5.83. The number of hydrogen-bond acceptors (Lipinski definition) is 3. The molecule has 0 spiro atoms. The zero-order valence-electron chi connectivity index (χ0n) is 12.2. The molecule has 2 aromatic heterocycles. The normalized spacial score (nSPS) is 12.5. The number of nitrogens with one attached hydrogen (secondary N) is 1. The topological polar surface area (TPSA) is 29.9 Å². The molecule has 3 aromatic rings. The van der Waals surface area contributed by atoms with Gasteiger partial charge in [0.25, 0.3) is 0 Å². The second kappa shape index (κ2) is 6.14. The molecule has 0 fully saturated rings. The predicted molar refractivity (Wildman–Crippen MR) is 89.1 cm³/mol. The van der Waals surface area contributed by atoms with Gasteiger partial charge in [-0.25, -0.2) is 4.98 Å². The SMILES string of the molecule is CC(C)C(Nc1ccccc1-n1ccnc1)c1cccs1. The van der Waals surface area contributed by atoms with E-state index >= 15 is 0 Å². The maximum absolute atomic E-state index is 4.14. The molecule has 21 heavy (non-hydrogen) atoms. The largest absolute Gasteiger partial charge is 0.375 e. The third-order valence-electron chi connectivity index (χ3n) is 3.51. The van der Waals surface area contributed by atoms with Crippen LogP contribution in [0.2, 0.25) is 0 Å². The van der Waals surface area contributed by atoms with Crippen LogP contribution in [0.1, 0.15) is 24.8 Å². The first-order valence-corrected chi connectivity index (χ1v) is 8.01. The minimum atomic E-state index is 0.315. The van der Waals surface area contributed by atoms with Crippen molar-refractivity contribution < 1.29 is 0 Å². The molecular weight excluding hydrogens is 278 g/mol. The van der Waals surface area contributed by atoms with Gasteiger partial charge in [0.15, 0.2) is 0 Å². The summed E-state index contributed by atoms with van der Waals surface area (Å²) in [4.78, 5) is 5.51. The smallest absolute Gasteiger partial charge is 0.0992 e. The van der Waals surface area contributed by atoms with Crippen LogP contribution < -0.4 is 5.32 Å². The predicted octanol–water partition coefficient (Wildman–Crippen LogP) is 4.74. The second-order valence-electron chi connectivity index (χ2n) is 5.37. The second-order valence-corrected chi connectivity index (χ2v) is 6.35. The minimum absolute atomic E-state index is 0.315. The van der Waals surface area contributed by atoms with Gasteiger partial charge in [0.2, 0.25) is 0 Å². The van der Waals surface area contributed by atoms with Crippen molar-refractivity contribution in [2.24, 2.45) is 5.92 Å². The zero-order valence-corrected chi connectivity index (χ0v) is 13.0. The highest BCUT2D eigenvalue weighted by atomic mass is 32.1. The standard InChI is InChI=1S/C17H19N3S/c1-13(2)17(16-8-5-11-21-16)19-14-6-3-4-7-15(14)20-10-9-18-12-20/h3-13,17,19H,1-2H3. The maximum Gasteiger partial charge on any atom is 0.0992 e. The molecule has 1 aromatic carbocycles. The quantitative estimate of drug-likeness (QED) is 0.737. The van der Waals surface area contributed by atoms with Crippen molar-refractivity contribution >= 4 is 17.0 Å². The van der Waals surface area contributed by atoms with Crippen LogP contribution in [-0.2, 0) is 0 Å². The lowest BCUT2D eigenvalue weighted by atomic mass is 10.0. The van der Waals surface area contributed by atoms with Crippen molar-refractivity contribution in [1.29, 1.82) is 0 Å². The first kappa shape index (κ1) is 13.9. The van der Waals surface area contributed by atoms with Crippen LogP contribution in [0, 0.1) is 5.92 Å². The third kappa shape index (κ3) is 3.00. The van der Waals surface area contributed by atoms with E-state index < -0.39 is 0 Å². The molecule has 0 saturated carbocycles. The molecule has 0 amide bonds. The minimum Gasteiger partial charge on any atom is -0.375 e. The van der Waals surface area contributed by atoms with E-state index in [2.05, 4.69) is 65.9 Å². The highest BCUT2D eigenvalue weighted by Gasteiger charge is 2.18. The van der Waals surface area contributed by atoms with E-state index in [0.29, 0.717) is 12.0 Å². The average molecular weight is 297 g/mol. The third-order valence-corrected chi connectivity index (χ3v) is 4.47. The summed E-state index contributed by atoms with van der Waals surface area (Å²) in [5.74, 6) is 0.513. The van der Waals surface area contributed by atoms with E-state index in [-0.39, 0.29) is 0 Å². The van der Waals surface area contributed by atoms with Crippen LogP contribution in [0.3, 0.4) is 0 Å². The average Bonchev–Trinajstić information content (AvgIpc) is 3.18. The van der Waals surface area contributed by atoms with Gasteiger partial charge < -0.3 is 9.88 Å². The first-order chi connectivity index (χ1) is 10.3. The van der Waals surface area contributed by atoms with Crippen LogP contribution in [0.15, 0.2) is 60.5 Å². The van der Waals surface area contributed by atoms with Crippen LogP contribution in [0.4, 0.5) is 5.69 Å². The van der Waals surface area contributed by atoms with Gasteiger partial charge in [-0.15, -0.1) is 11.3 Å². The number of para-hydroxylation sites is 2. The van der Waals surface area contributed by atoms with Gasteiger partial charge in [0, 0.05) is 17.3 Å². The van der Waals surface area contributed by atoms with Crippen molar-refractivity contribution in [2.45, 2.75) is 19.9 Å². The number of hydrogen-bond donors (Lipinski definition) is 1. The summed E-state index contributed by atoms with van der Waals surface area (Å²) in [5.41, 5.74) is 2.25. The molecule has 0 aliphatic heterocycles. The monoisotopic (exact) mass is 297 g/mol. The fraction of sp³-hybridized carbons (Fsp3) is 0.235. The number of thiophene rings is 1. The van der Waals surface area contributed by atoms with Gasteiger partial charge in [0.1, 0.15) is 0 Å². The summed E-state index contributed by atoms with van der Waals surface area (Å²) in [6.07, 6.45) is 5.60. The molecular formula is C17H19N3S. The summed E-state index contributed by atoms with van der Waals surface area (Å²) in [6.45, 7) is 4.49. The van der Waals surface area contributed by atoms with Crippen molar-refractivity contribution in [1.82, 2.24) is 9.55 Å². The van der Waals surface area contributed by atoms with Crippen LogP contribution >= 0.6 is 11.3 Å². The molecule has 0 radical (unpaired) electrons. The van der Waals surface area contributed by atoms with Crippen molar-refractivity contribution in [3.8, 4) is 5.69 Å². The molecule has 3 nitrogen and oxygen atoms in total. The highest BCUT2D eigenvalue weighted by molar-refractivity contribution is 7.10. The lowest BCUT2D eigenvalue weighted by Crippen LogP contribution is -2.16. The molecule has 4 heteroatoms. The van der Waals surface area contributed by atoms with Crippen molar-refractivity contribution in [3.05, 3.63) is 65.4 Å². The van der Waals surface area contributed by atoms with Gasteiger partial charge in [-0.3, -0.25) is 0 Å². The summed E-state index contributed by atoms with van der Waals surface area (Å²) >= 11 is 1.80. The fourth-order valence-electron chi connectivity index (χ4n) is 2.42. The van der Waals surface area contributed by atoms with Crippen molar-refractivity contribution in [3.63, 3.8) is 0 Å². The van der Waals surface area contributed by atoms with Crippen LogP contribution in [0.25, 0.3) is 5.69 Å². The zero-order chi connectivity index (χ0) is 14.7. The molecule has 1 atom stereocenters. The number of rotatable bonds is 5. The molecule has 108 valence electrons. The lowest BCUT2D eigenvalue weighted by molar-refractivity contribution is 0.553. The van der Waals surface area contributed by atoms with E-state index in [4.69, 9.17) is 0 Å². The van der Waals surface area contributed by atoms with Crippen molar-refractivity contribution in [2.75, 3.05) is 5.32 Å². The molecule has 0 saturated heterocycles. The first-order valence-electron chi connectivity index (χ1n) is 7.13. The Balaban J connectivity index is 1.94. The Labute approximate surface area is 129 Å².